The fourth-order valence-corrected chi connectivity index (χ4v) is 2.12. The van der Waals surface area contributed by atoms with Gasteiger partial charge in [-0.1, -0.05) is 0 Å². The van der Waals surface area contributed by atoms with E-state index in [-0.39, 0.29) is 11.2 Å². The third-order valence-corrected chi connectivity index (χ3v) is 3.01. The molecule has 1 aliphatic heterocycles. The zero-order valence-corrected chi connectivity index (χ0v) is 9.72. The highest BCUT2D eigenvalue weighted by molar-refractivity contribution is 9.10. The summed E-state index contributed by atoms with van der Waals surface area (Å²) >= 11 is 9.11. The van der Waals surface area contributed by atoms with Crippen LogP contribution in [0.4, 0.5) is 10.2 Å². The smallest absolute Gasteiger partial charge is 0.166 e. The molecular weight excluding hydrogens is 270 g/mol. The van der Waals surface area contributed by atoms with Gasteiger partial charge < -0.3 is 4.90 Å². The second kappa shape index (κ2) is 4.03. The van der Waals surface area contributed by atoms with E-state index in [2.05, 4.69) is 20.9 Å². The molecule has 0 spiro atoms. The largest absolute Gasteiger partial charge is 0.353 e. The minimum atomic E-state index is -0.301. The van der Waals surface area contributed by atoms with Crippen LogP contribution in [-0.2, 0) is 0 Å². The lowest BCUT2D eigenvalue weighted by atomic mass is 10.4. The summed E-state index contributed by atoms with van der Waals surface area (Å²) in [5.74, 6) is 0.0986. The van der Waals surface area contributed by atoms with Crippen LogP contribution in [-0.4, -0.2) is 23.5 Å². The van der Waals surface area contributed by atoms with Crippen LogP contribution in [0.1, 0.15) is 6.42 Å². The van der Waals surface area contributed by atoms with Crippen molar-refractivity contribution in [1.29, 1.82) is 0 Å². The number of hydrogen-bond acceptors (Lipinski definition) is 2. The van der Waals surface area contributed by atoms with Gasteiger partial charge in [0, 0.05) is 23.8 Å². The fourth-order valence-electron chi connectivity index (χ4n) is 1.55. The molecule has 14 heavy (non-hydrogen) atoms. The van der Waals surface area contributed by atoms with E-state index >= 15 is 0 Å². The third kappa shape index (κ3) is 2.01. The van der Waals surface area contributed by atoms with E-state index in [9.17, 15) is 4.39 Å². The summed E-state index contributed by atoms with van der Waals surface area (Å²) in [4.78, 5) is 5.91. The summed E-state index contributed by atoms with van der Waals surface area (Å²) in [5, 5.41) is 0.111. The Hall–Kier alpha value is -0.350. The first-order valence-electron chi connectivity index (χ1n) is 4.37. The van der Waals surface area contributed by atoms with Crippen molar-refractivity contribution in [2.75, 3.05) is 18.0 Å². The van der Waals surface area contributed by atoms with Crippen molar-refractivity contribution in [2.24, 2.45) is 0 Å². The summed E-state index contributed by atoms with van der Waals surface area (Å²) in [7, 11) is 0. The van der Waals surface area contributed by atoms with Crippen molar-refractivity contribution in [3.05, 3.63) is 22.6 Å². The summed E-state index contributed by atoms with van der Waals surface area (Å²) in [6.45, 7) is 1.45. The van der Waals surface area contributed by atoms with Crippen LogP contribution in [0.5, 0.6) is 0 Å². The van der Waals surface area contributed by atoms with Gasteiger partial charge in [-0.2, -0.15) is 0 Å². The minimum Gasteiger partial charge on any atom is -0.353 e. The zero-order chi connectivity index (χ0) is 10.1. The second-order valence-corrected chi connectivity index (χ2v) is 4.82. The van der Waals surface area contributed by atoms with Gasteiger partial charge in [0.05, 0.1) is 5.38 Å². The molecule has 1 fully saturated rings. The first-order chi connectivity index (χ1) is 6.66. The molecule has 5 heteroatoms. The molecule has 1 unspecified atom stereocenters. The first-order valence-corrected chi connectivity index (χ1v) is 5.60. The van der Waals surface area contributed by atoms with Gasteiger partial charge in [-0.3, -0.25) is 0 Å². The number of aromatic nitrogens is 1. The van der Waals surface area contributed by atoms with Crippen molar-refractivity contribution >= 4 is 33.3 Å². The minimum absolute atomic E-state index is 0.111. The molecule has 2 nitrogen and oxygen atoms in total. The number of alkyl halides is 1. The maximum Gasteiger partial charge on any atom is 0.166 e. The van der Waals surface area contributed by atoms with Gasteiger partial charge in [-0.15, -0.1) is 11.6 Å². The molecule has 1 aromatic heterocycles. The monoisotopic (exact) mass is 278 g/mol. The van der Waals surface area contributed by atoms with Crippen molar-refractivity contribution in [3.8, 4) is 0 Å². The number of nitrogens with zero attached hydrogens (tertiary/aromatic N) is 2. The van der Waals surface area contributed by atoms with Crippen molar-refractivity contribution in [1.82, 2.24) is 4.98 Å². The van der Waals surface area contributed by atoms with Gasteiger partial charge in [-0.25, -0.2) is 9.37 Å². The zero-order valence-electron chi connectivity index (χ0n) is 7.38. The normalized spacial score (nSPS) is 21.6. The lowest BCUT2D eigenvalue weighted by molar-refractivity contribution is 0.615. The van der Waals surface area contributed by atoms with E-state index < -0.39 is 0 Å². The number of rotatable bonds is 1. The van der Waals surface area contributed by atoms with Crippen molar-refractivity contribution in [2.45, 2.75) is 11.8 Å². The SMILES string of the molecule is Fc1cc(Br)cnc1N1CCC(Cl)C1. The number of anilines is 1. The van der Waals surface area contributed by atoms with E-state index in [1.807, 2.05) is 4.90 Å². The van der Waals surface area contributed by atoms with Gasteiger partial charge in [0.1, 0.15) is 0 Å². The molecule has 0 aliphatic carbocycles. The van der Waals surface area contributed by atoms with Gasteiger partial charge in [0.15, 0.2) is 11.6 Å². The molecule has 0 radical (unpaired) electrons. The van der Waals surface area contributed by atoms with Gasteiger partial charge in [0.25, 0.3) is 0 Å². The Bertz CT molecular complexity index is 348. The molecule has 1 saturated heterocycles. The van der Waals surface area contributed by atoms with Crippen LogP contribution in [0.2, 0.25) is 0 Å². The quantitative estimate of drug-likeness (QED) is 0.735. The molecule has 1 aliphatic rings. The van der Waals surface area contributed by atoms with Gasteiger partial charge in [0.2, 0.25) is 0 Å². The summed E-state index contributed by atoms with van der Waals surface area (Å²) in [6, 6.07) is 1.42. The Labute approximate surface area is 95.2 Å². The lowest BCUT2D eigenvalue weighted by Crippen LogP contribution is -2.22. The average Bonchev–Trinajstić information content (AvgIpc) is 2.51. The Morgan fingerprint density at radius 3 is 3.00 bits per heavy atom. The van der Waals surface area contributed by atoms with Crippen LogP contribution in [0, 0.1) is 5.82 Å². The van der Waals surface area contributed by atoms with E-state index in [1.165, 1.54) is 6.07 Å². The molecule has 0 amide bonds. The molecule has 2 rings (SSSR count). The Morgan fingerprint density at radius 1 is 1.64 bits per heavy atom. The molecule has 76 valence electrons. The van der Waals surface area contributed by atoms with Crippen molar-refractivity contribution < 1.29 is 4.39 Å². The first kappa shape index (κ1) is 10.2. The second-order valence-electron chi connectivity index (χ2n) is 3.29. The molecular formula is C9H9BrClFN2. The van der Waals surface area contributed by atoms with E-state index in [1.54, 1.807) is 6.20 Å². The van der Waals surface area contributed by atoms with Crippen LogP contribution in [0.3, 0.4) is 0 Å². The van der Waals surface area contributed by atoms with E-state index in [0.717, 1.165) is 13.0 Å². The van der Waals surface area contributed by atoms with E-state index in [0.29, 0.717) is 16.8 Å². The van der Waals surface area contributed by atoms with Crippen molar-refractivity contribution in [3.63, 3.8) is 0 Å². The number of pyridine rings is 1. The third-order valence-electron chi connectivity index (χ3n) is 2.22. The molecule has 1 atom stereocenters. The summed E-state index contributed by atoms with van der Waals surface area (Å²) < 4.78 is 14.1. The highest BCUT2D eigenvalue weighted by atomic mass is 79.9. The molecule has 0 N–H and O–H groups in total. The molecule has 0 saturated carbocycles. The average molecular weight is 280 g/mol. The Morgan fingerprint density at radius 2 is 2.43 bits per heavy atom. The maximum absolute atomic E-state index is 13.5. The fraction of sp³-hybridized carbons (Fsp3) is 0.444. The topological polar surface area (TPSA) is 16.1 Å². The van der Waals surface area contributed by atoms with Crippen LogP contribution in [0.15, 0.2) is 16.7 Å². The van der Waals surface area contributed by atoms with E-state index in [4.69, 9.17) is 11.6 Å². The Kier molecular flexibility index (Phi) is 2.93. The molecule has 0 aromatic carbocycles. The maximum atomic E-state index is 13.5. The summed E-state index contributed by atoms with van der Waals surface area (Å²) in [5.41, 5.74) is 0. The number of hydrogen-bond donors (Lipinski definition) is 0. The predicted octanol–water partition coefficient (Wildman–Crippen LogP) is 2.80. The molecule has 1 aromatic rings. The highest BCUT2D eigenvalue weighted by Crippen LogP contribution is 2.25. The van der Waals surface area contributed by atoms with Crippen LogP contribution < -0.4 is 4.90 Å². The number of halogens is 3. The summed E-state index contributed by atoms with van der Waals surface area (Å²) in [6.07, 6.45) is 2.48. The Balaban J connectivity index is 2.24. The molecule has 2 heterocycles. The standard InChI is InChI=1S/C9H9BrClFN2/c10-6-3-8(12)9(13-4-6)14-2-1-7(11)5-14/h3-4,7H,1-2,5H2. The predicted molar refractivity (Wildman–Crippen MR) is 58.4 cm³/mol. The van der Waals surface area contributed by atoms with Gasteiger partial charge >= 0.3 is 0 Å². The van der Waals surface area contributed by atoms with Gasteiger partial charge in [-0.05, 0) is 28.4 Å². The van der Waals surface area contributed by atoms with Crippen LogP contribution >= 0.6 is 27.5 Å². The van der Waals surface area contributed by atoms with Crippen LogP contribution in [0.25, 0.3) is 0 Å². The molecule has 0 bridgehead atoms. The lowest BCUT2D eigenvalue weighted by Gasteiger charge is -2.16. The highest BCUT2D eigenvalue weighted by Gasteiger charge is 2.23.